The molecule has 0 saturated heterocycles. The van der Waals surface area contributed by atoms with E-state index in [1.165, 1.54) is 17.0 Å². The zero-order chi connectivity index (χ0) is 11.4. The molecule has 0 fully saturated rings. The normalized spacial score (nSPS) is 10.0. The second kappa shape index (κ2) is 4.97. The molecule has 15 heavy (non-hydrogen) atoms. The van der Waals surface area contributed by atoms with Crippen LogP contribution < -0.4 is 11.2 Å². The van der Waals surface area contributed by atoms with E-state index in [2.05, 4.69) is 15.9 Å². The first-order chi connectivity index (χ1) is 7.04. The Morgan fingerprint density at radius 1 is 1.60 bits per heavy atom. The summed E-state index contributed by atoms with van der Waals surface area (Å²) >= 11 is 3.06. The predicted octanol–water partition coefficient (Wildman–Crippen LogP) is 0.756. The van der Waals surface area contributed by atoms with Crippen LogP contribution in [0.1, 0.15) is 6.92 Å². The molecular formula is C9H11BrN2O3. The number of halogens is 1. The van der Waals surface area contributed by atoms with Crippen LogP contribution in [0.5, 0.6) is 0 Å². The minimum atomic E-state index is -0.368. The first-order valence-electron chi connectivity index (χ1n) is 4.35. The van der Waals surface area contributed by atoms with Gasteiger partial charge >= 0.3 is 5.97 Å². The number of pyridine rings is 1. The Labute approximate surface area is 95.0 Å². The summed E-state index contributed by atoms with van der Waals surface area (Å²) < 4.78 is 6.59. The molecule has 6 heteroatoms. The summed E-state index contributed by atoms with van der Waals surface area (Å²) in [5.41, 5.74) is 5.26. The van der Waals surface area contributed by atoms with Crippen molar-refractivity contribution in [1.29, 1.82) is 0 Å². The van der Waals surface area contributed by atoms with E-state index in [1.807, 2.05) is 0 Å². The van der Waals surface area contributed by atoms with Crippen molar-refractivity contribution in [2.45, 2.75) is 13.5 Å². The highest BCUT2D eigenvalue weighted by molar-refractivity contribution is 9.10. The second-order valence-electron chi connectivity index (χ2n) is 2.87. The van der Waals surface area contributed by atoms with E-state index in [-0.39, 0.29) is 23.6 Å². The summed E-state index contributed by atoms with van der Waals surface area (Å²) in [4.78, 5) is 22.4. The maximum Gasteiger partial charge on any atom is 0.325 e. The first-order valence-corrected chi connectivity index (χ1v) is 5.14. The molecule has 1 aromatic heterocycles. The monoisotopic (exact) mass is 274 g/mol. The number of carbonyl (C=O) groups excluding carboxylic acids is 1. The molecule has 0 aliphatic carbocycles. The van der Waals surface area contributed by atoms with E-state index in [0.29, 0.717) is 11.1 Å². The second-order valence-corrected chi connectivity index (χ2v) is 3.72. The molecule has 0 amide bonds. The largest absolute Gasteiger partial charge is 0.465 e. The molecule has 0 aromatic carbocycles. The highest BCUT2D eigenvalue weighted by atomic mass is 79.9. The van der Waals surface area contributed by atoms with Crippen LogP contribution in [0.2, 0.25) is 0 Å². The maximum atomic E-state index is 11.2. The fraction of sp³-hybridized carbons (Fsp3) is 0.333. The van der Waals surface area contributed by atoms with Gasteiger partial charge in [0.1, 0.15) is 6.54 Å². The smallest absolute Gasteiger partial charge is 0.325 e. The third kappa shape index (κ3) is 3.09. The van der Waals surface area contributed by atoms with Crippen molar-refractivity contribution in [3.8, 4) is 0 Å². The highest BCUT2D eigenvalue weighted by Crippen LogP contribution is 2.06. The Kier molecular flexibility index (Phi) is 3.90. The number of nitrogens with zero attached hydrogens (tertiary/aromatic N) is 1. The number of anilines is 1. The van der Waals surface area contributed by atoms with E-state index in [4.69, 9.17) is 10.5 Å². The van der Waals surface area contributed by atoms with Crippen LogP contribution in [0.15, 0.2) is 21.7 Å². The van der Waals surface area contributed by atoms with Crippen LogP contribution >= 0.6 is 15.9 Å². The van der Waals surface area contributed by atoms with E-state index in [0.717, 1.165) is 0 Å². The van der Waals surface area contributed by atoms with Gasteiger partial charge in [-0.3, -0.25) is 9.59 Å². The molecule has 0 aliphatic heterocycles. The van der Waals surface area contributed by atoms with Gasteiger partial charge in [0.25, 0.3) is 0 Å². The molecule has 0 unspecified atom stereocenters. The lowest BCUT2D eigenvalue weighted by Gasteiger charge is -2.07. The third-order valence-electron chi connectivity index (χ3n) is 1.68. The average molecular weight is 275 g/mol. The van der Waals surface area contributed by atoms with Gasteiger partial charge in [0.15, 0.2) is 0 Å². The Morgan fingerprint density at radius 2 is 2.27 bits per heavy atom. The molecule has 1 heterocycles. The highest BCUT2D eigenvalue weighted by Gasteiger charge is 2.06. The number of aromatic nitrogens is 1. The van der Waals surface area contributed by atoms with Gasteiger partial charge < -0.3 is 15.0 Å². The van der Waals surface area contributed by atoms with Gasteiger partial charge in [-0.25, -0.2) is 0 Å². The zero-order valence-electron chi connectivity index (χ0n) is 8.20. The summed E-state index contributed by atoms with van der Waals surface area (Å²) in [7, 11) is 0. The van der Waals surface area contributed by atoms with Gasteiger partial charge in [0.2, 0.25) is 5.43 Å². The molecule has 2 N–H and O–H groups in total. The molecule has 0 radical (unpaired) electrons. The van der Waals surface area contributed by atoms with Crippen molar-refractivity contribution in [3.05, 3.63) is 27.1 Å². The summed E-state index contributed by atoms with van der Waals surface area (Å²) in [5, 5.41) is 0. The Morgan fingerprint density at radius 3 is 2.80 bits per heavy atom. The van der Waals surface area contributed by atoms with Crippen LogP contribution in [0, 0.1) is 0 Å². The Balaban J connectivity index is 2.88. The fourth-order valence-electron chi connectivity index (χ4n) is 1.06. The van der Waals surface area contributed by atoms with Crippen molar-refractivity contribution in [1.82, 2.24) is 4.57 Å². The summed E-state index contributed by atoms with van der Waals surface area (Å²) in [5.74, 6) is -0.368. The van der Waals surface area contributed by atoms with Crippen molar-refractivity contribution >= 4 is 27.6 Å². The molecular weight excluding hydrogens is 264 g/mol. The van der Waals surface area contributed by atoms with Crippen LogP contribution in [0.25, 0.3) is 0 Å². The summed E-state index contributed by atoms with van der Waals surface area (Å²) in [6, 6.07) is 0. The van der Waals surface area contributed by atoms with Crippen LogP contribution in [-0.2, 0) is 16.1 Å². The van der Waals surface area contributed by atoms with Gasteiger partial charge in [-0.05, 0) is 22.9 Å². The molecule has 0 atom stereocenters. The number of carbonyl (C=O) groups is 1. The number of nitrogen functional groups attached to an aromatic ring is 1. The van der Waals surface area contributed by atoms with Crippen LogP contribution in [0.3, 0.4) is 0 Å². The first kappa shape index (κ1) is 11.8. The lowest BCUT2D eigenvalue weighted by atomic mass is 10.4. The van der Waals surface area contributed by atoms with Crippen LogP contribution in [-0.4, -0.2) is 17.1 Å². The SMILES string of the molecule is CCOC(=O)Cn1cc(N)c(=O)c(Br)c1. The number of esters is 1. The van der Waals surface area contributed by atoms with E-state index >= 15 is 0 Å². The molecule has 5 nitrogen and oxygen atoms in total. The van der Waals surface area contributed by atoms with E-state index in [9.17, 15) is 9.59 Å². The van der Waals surface area contributed by atoms with E-state index < -0.39 is 0 Å². The number of nitrogens with two attached hydrogens (primary N) is 1. The Bertz CT molecular complexity index is 402. The zero-order valence-corrected chi connectivity index (χ0v) is 9.78. The molecule has 0 saturated carbocycles. The quantitative estimate of drug-likeness (QED) is 0.826. The van der Waals surface area contributed by atoms with Crippen molar-refractivity contribution in [3.63, 3.8) is 0 Å². The lowest BCUT2D eigenvalue weighted by molar-refractivity contribution is -0.143. The van der Waals surface area contributed by atoms with Gasteiger partial charge in [-0.2, -0.15) is 0 Å². The van der Waals surface area contributed by atoms with E-state index in [1.54, 1.807) is 6.92 Å². The topological polar surface area (TPSA) is 74.3 Å². The number of hydrogen-bond acceptors (Lipinski definition) is 4. The maximum absolute atomic E-state index is 11.2. The van der Waals surface area contributed by atoms with Crippen molar-refractivity contribution in [2.75, 3.05) is 12.3 Å². The number of ether oxygens (including phenoxy) is 1. The minimum absolute atomic E-state index is 0.0386. The predicted molar refractivity (Wildman–Crippen MR) is 59.4 cm³/mol. The fourth-order valence-corrected chi connectivity index (χ4v) is 1.56. The summed E-state index contributed by atoms with van der Waals surface area (Å²) in [6.07, 6.45) is 2.90. The number of hydrogen-bond donors (Lipinski definition) is 1. The molecule has 1 rings (SSSR count). The van der Waals surface area contributed by atoms with Crippen molar-refractivity contribution in [2.24, 2.45) is 0 Å². The summed E-state index contributed by atoms with van der Waals surface area (Å²) in [6.45, 7) is 2.10. The van der Waals surface area contributed by atoms with Gasteiger partial charge in [0, 0.05) is 12.4 Å². The molecule has 0 aliphatic rings. The van der Waals surface area contributed by atoms with Gasteiger partial charge in [-0.15, -0.1) is 0 Å². The Hall–Kier alpha value is -1.30. The lowest BCUT2D eigenvalue weighted by Crippen LogP contribution is -2.18. The number of rotatable bonds is 3. The van der Waals surface area contributed by atoms with Gasteiger partial charge in [0.05, 0.1) is 16.8 Å². The molecule has 0 spiro atoms. The molecule has 0 bridgehead atoms. The van der Waals surface area contributed by atoms with Gasteiger partial charge in [-0.1, -0.05) is 0 Å². The van der Waals surface area contributed by atoms with Crippen LogP contribution in [0.4, 0.5) is 5.69 Å². The third-order valence-corrected chi connectivity index (χ3v) is 2.25. The van der Waals surface area contributed by atoms with Crippen molar-refractivity contribution < 1.29 is 9.53 Å². The molecule has 1 aromatic rings. The standard InChI is InChI=1S/C9H11BrN2O3/c1-2-15-8(13)5-12-3-6(10)9(14)7(11)4-12/h3-4H,2,5,11H2,1H3. The molecule has 82 valence electrons. The minimum Gasteiger partial charge on any atom is -0.465 e. The average Bonchev–Trinajstić information content (AvgIpc) is 2.14.